The normalized spacial score (nSPS) is 21.0. The minimum atomic E-state index is 0.991. The van der Waals surface area contributed by atoms with E-state index in [1.54, 1.807) is 0 Å². The number of likely N-dealkylation sites (N-methyl/N-ethyl adjacent to an activating group) is 1. The van der Waals surface area contributed by atoms with Crippen LogP contribution in [0.25, 0.3) is 0 Å². The molecule has 1 rings (SSSR count). The van der Waals surface area contributed by atoms with Crippen molar-refractivity contribution in [3.63, 3.8) is 0 Å². The molecule has 0 unspecified atom stereocenters. The molecule has 0 amide bonds. The van der Waals surface area contributed by atoms with Crippen molar-refractivity contribution in [2.75, 3.05) is 33.7 Å². The average molecular weight is 181 g/mol. The van der Waals surface area contributed by atoms with Crippen molar-refractivity contribution in [3.05, 3.63) is 12.2 Å². The number of hydrogen-bond acceptors (Lipinski definition) is 1. The van der Waals surface area contributed by atoms with Crippen LogP contribution in [0.2, 0.25) is 0 Å². The maximum atomic E-state index is 4.26. The van der Waals surface area contributed by atoms with E-state index < -0.39 is 0 Å². The van der Waals surface area contributed by atoms with Crippen molar-refractivity contribution in [1.82, 2.24) is 9.80 Å². The largest absolute Gasteiger partial charge is 0.344 e. The zero-order chi connectivity index (χ0) is 9.68. The summed E-state index contributed by atoms with van der Waals surface area (Å²) in [4.78, 5) is 8.76. The maximum Gasteiger partial charge on any atom is 0.196 e. The van der Waals surface area contributed by atoms with E-state index in [9.17, 15) is 0 Å². The molecule has 0 bridgehead atoms. The Morgan fingerprint density at radius 3 is 2.77 bits per heavy atom. The number of rotatable bonds is 3. The van der Waals surface area contributed by atoms with Crippen LogP contribution in [0, 0.1) is 0 Å². The molecule has 0 aromatic heterocycles. The molecule has 1 aliphatic rings. The Morgan fingerprint density at radius 1 is 1.38 bits per heavy atom. The van der Waals surface area contributed by atoms with E-state index in [1.807, 2.05) is 7.05 Å². The second-order valence-electron chi connectivity index (χ2n) is 3.27. The van der Waals surface area contributed by atoms with Gasteiger partial charge in [-0.1, -0.05) is 19.1 Å². The first-order chi connectivity index (χ1) is 6.29. The van der Waals surface area contributed by atoms with Crippen LogP contribution in [0.5, 0.6) is 0 Å². The molecular formula is C10H19N3. The van der Waals surface area contributed by atoms with Gasteiger partial charge in [-0.15, -0.1) is 0 Å². The molecule has 0 N–H and O–H groups in total. The smallest absolute Gasteiger partial charge is 0.196 e. The quantitative estimate of drug-likeness (QED) is 0.609. The third-order valence-corrected chi connectivity index (χ3v) is 2.26. The molecule has 0 saturated carbocycles. The van der Waals surface area contributed by atoms with Crippen LogP contribution in [-0.4, -0.2) is 49.5 Å². The Hall–Kier alpha value is -0.990. The van der Waals surface area contributed by atoms with Crippen molar-refractivity contribution >= 4 is 5.96 Å². The van der Waals surface area contributed by atoms with Crippen molar-refractivity contribution in [1.29, 1.82) is 0 Å². The molecule has 1 aliphatic heterocycles. The topological polar surface area (TPSA) is 18.8 Å². The van der Waals surface area contributed by atoms with Crippen LogP contribution >= 0.6 is 0 Å². The third-order valence-electron chi connectivity index (χ3n) is 2.26. The van der Waals surface area contributed by atoms with Gasteiger partial charge in [-0.05, 0) is 6.42 Å². The predicted molar refractivity (Wildman–Crippen MR) is 57.0 cm³/mol. The predicted octanol–water partition coefficient (Wildman–Crippen LogP) is 1.19. The van der Waals surface area contributed by atoms with Gasteiger partial charge in [0, 0.05) is 33.7 Å². The summed E-state index contributed by atoms with van der Waals surface area (Å²) in [7, 11) is 3.94. The molecule has 3 nitrogen and oxygen atoms in total. The molecule has 0 aromatic carbocycles. The fraction of sp³-hybridized carbons (Fsp3) is 0.700. The van der Waals surface area contributed by atoms with E-state index in [4.69, 9.17) is 0 Å². The summed E-state index contributed by atoms with van der Waals surface area (Å²) in [5.74, 6) is 1.11. The van der Waals surface area contributed by atoms with Crippen LogP contribution in [0.4, 0.5) is 0 Å². The summed E-state index contributed by atoms with van der Waals surface area (Å²) >= 11 is 0. The second kappa shape index (κ2) is 4.90. The number of allylic oxidation sites excluding steroid dienone is 1. The van der Waals surface area contributed by atoms with E-state index in [1.165, 1.54) is 0 Å². The summed E-state index contributed by atoms with van der Waals surface area (Å²) < 4.78 is 0. The van der Waals surface area contributed by atoms with E-state index in [2.05, 4.69) is 40.9 Å². The lowest BCUT2D eigenvalue weighted by Gasteiger charge is -2.18. The molecule has 3 heteroatoms. The Bertz CT molecular complexity index is 208. The van der Waals surface area contributed by atoms with Gasteiger partial charge in [0.25, 0.3) is 0 Å². The van der Waals surface area contributed by atoms with Gasteiger partial charge in [-0.25, -0.2) is 0 Å². The molecule has 13 heavy (non-hydrogen) atoms. The van der Waals surface area contributed by atoms with Gasteiger partial charge in [-0.2, -0.15) is 0 Å². The first-order valence-corrected chi connectivity index (χ1v) is 4.87. The Morgan fingerprint density at radius 2 is 2.15 bits per heavy atom. The molecular weight excluding hydrogens is 162 g/mol. The molecule has 0 aromatic rings. The monoisotopic (exact) mass is 181 g/mol. The first kappa shape index (κ1) is 10.1. The SMILES string of the molecule is CC/C=C/CN1CCN(C)C1=NC. The van der Waals surface area contributed by atoms with Crippen molar-refractivity contribution in [2.45, 2.75) is 13.3 Å². The van der Waals surface area contributed by atoms with Gasteiger partial charge in [0.1, 0.15) is 0 Å². The standard InChI is InChI=1S/C10H19N3/c1-4-5-6-7-13-9-8-12(3)10(13)11-2/h5-6H,4,7-9H2,1-3H3/b6-5+,11-10?. The molecule has 0 spiro atoms. The molecule has 74 valence electrons. The highest BCUT2D eigenvalue weighted by molar-refractivity contribution is 5.81. The minimum Gasteiger partial charge on any atom is -0.344 e. The van der Waals surface area contributed by atoms with Gasteiger partial charge in [0.15, 0.2) is 5.96 Å². The minimum absolute atomic E-state index is 0.991. The van der Waals surface area contributed by atoms with Crippen LogP contribution < -0.4 is 0 Å². The van der Waals surface area contributed by atoms with Gasteiger partial charge < -0.3 is 9.80 Å². The van der Waals surface area contributed by atoms with Gasteiger partial charge >= 0.3 is 0 Å². The Labute approximate surface area is 80.7 Å². The summed E-state index contributed by atoms with van der Waals surface area (Å²) in [6.45, 7) is 5.33. The highest BCUT2D eigenvalue weighted by Crippen LogP contribution is 2.05. The van der Waals surface area contributed by atoms with E-state index in [0.717, 1.165) is 32.0 Å². The molecule has 0 radical (unpaired) electrons. The lowest BCUT2D eigenvalue weighted by Crippen LogP contribution is -2.31. The average Bonchev–Trinajstić information content (AvgIpc) is 2.47. The Kier molecular flexibility index (Phi) is 3.80. The molecule has 1 saturated heterocycles. The lowest BCUT2D eigenvalue weighted by atomic mass is 10.4. The van der Waals surface area contributed by atoms with Crippen LogP contribution in [0.15, 0.2) is 17.1 Å². The van der Waals surface area contributed by atoms with Gasteiger partial charge in [0.2, 0.25) is 0 Å². The van der Waals surface area contributed by atoms with E-state index in [0.29, 0.717) is 0 Å². The number of hydrogen-bond donors (Lipinski definition) is 0. The molecule has 0 atom stereocenters. The van der Waals surface area contributed by atoms with Crippen LogP contribution in [-0.2, 0) is 0 Å². The summed E-state index contributed by atoms with van der Waals surface area (Å²) in [5.41, 5.74) is 0. The zero-order valence-electron chi connectivity index (χ0n) is 8.82. The highest BCUT2D eigenvalue weighted by atomic mass is 15.4. The summed E-state index contributed by atoms with van der Waals surface area (Å²) in [6.07, 6.45) is 5.53. The molecule has 1 heterocycles. The van der Waals surface area contributed by atoms with Gasteiger partial charge in [-0.3, -0.25) is 4.99 Å². The molecule has 1 fully saturated rings. The lowest BCUT2D eigenvalue weighted by molar-refractivity contribution is 0.511. The van der Waals surface area contributed by atoms with Crippen LogP contribution in [0.1, 0.15) is 13.3 Å². The molecule has 0 aliphatic carbocycles. The number of guanidine groups is 1. The van der Waals surface area contributed by atoms with Crippen molar-refractivity contribution in [2.24, 2.45) is 4.99 Å². The maximum absolute atomic E-state index is 4.26. The fourth-order valence-electron chi connectivity index (χ4n) is 1.57. The highest BCUT2D eigenvalue weighted by Gasteiger charge is 2.20. The van der Waals surface area contributed by atoms with Gasteiger partial charge in [0.05, 0.1) is 0 Å². The van der Waals surface area contributed by atoms with E-state index >= 15 is 0 Å². The summed E-state index contributed by atoms with van der Waals surface area (Å²) in [6, 6.07) is 0. The first-order valence-electron chi connectivity index (χ1n) is 4.87. The fourth-order valence-corrected chi connectivity index (χ4v) is 1.57. The number of nitrogens with zero attached hydrogens (tertiary/aromatic N) is 3. The van der Waals surface area contributed by atoms with E-state index in [-0.39, 0.29) is 0 Å². The Balaban J connectivity index is 2.47. The van der Waals surface area contributed by atoms with Crippen molar-refractivity contribution < 1.29 is 0 Å². The van der Waals surface area contributed by atoms with Crippen molar-refractivity contribution in [3.8, 4) is 0 Å². The zero-order valence-corrected chi connectivity index (χ0v) is 8.82. The van der Waals surface area contributed by atoms with Crippen LogP contribution in [0.3, 0.4) is 0 Å². The number of aliphatic imine (C=N–C) groups is 1. The summed E-state index contributed by atoms with van der Waals surface area (Å²) in [5, 5.41) is 0. The second-order valence-corrected chi connectivity index (χ2v) is 3.27. The third kappa shape index (κ3) is 2.47.